The molecule has 0 aliphatic carbocycles. The van der Waals surface area contributed by atoms with Crippen molar-refractivity contribution in [2.45, 2.75) is 6.92 Å². The fraction of sp³-hybridized carbons (Fsp3) is 0.0833. The molecule has 18 heavy (non-hydrogen) atoms. The zero-order valence-corrected chi connectivity index (χ0v) is 9.99. The summed E-state index contributed by atoms with van der Waals surface area (Å²) in [6, 6.07) is 7.52. The van der Waals surface area contributed by atoms with Crippen LogP contribution in [0.1, 0.15) is 5.76 Å². The summed E-state index contributed by atoms with van der Waals surface area (Å²) < 4.78 is 10.3. The molecule has 0 amide bonds. The number of fused-ring (bicyclic) bond motifs is 1. The van der Waals surface area contributed by atoms with Crippen LogP contribution >= 0.6 is 11.6 Å². The first kappa shape index (κ1) is 11.0. The topological polar surface area (TPSA) is 69.1 Å². The molecule has 0 atom stereocenters. The molecule has 1 radical (unpaired) electrons. The Labute approximate surface area is 106 Å². The van der Waals surface area contributed by atoms with Gasteiger partial charge in [0.15, 0.2) is 5.69 Å². The lowest BCUT2D eigenvalue weighted by Gasteiger charge is -1.98. The highest BCUT2D eigenvalue weighted by atomic mass is 35.5. The molecule has 0 saturated carbocycles. The Bertz CT molecular complexity index is 791. The molecule has 89 valence electrons. The number of aromatic nitrogens is 2. The van der Waals surface area contributed by atoms with Gasteiger partial charge in [-0.05, 0) is 19.1 Å². The number of halogens is 1. The van der Waals surface area contributed by atoms with Crippen LogP contribution in [0.25, 0.3) is 22.6 Å². The SMILES string of the molecule is Cc1[c]c(-c2nc(=O)c3ccc(Cl)cc3o2)no1. The highest BCUT2D eigenvalue weighted by Gasteiger charge is 2.12. The van der Waals surface area contributed by atoms with Gasteiger partial charge in [0.05, 0.1) is 11.5 Å². The van der Waals surface area contributed by atoms with E-state index in [0.29, 0.717) is 21.8 Å². The van der Waals surface area contributed by atoms with Crippen molar-refractivity contribution in [3.63, 3.8) is 0 Å². The Morgan fingerprint density at radius 3 is 2.94 bits per heavy atom. The van der Waals surface area contributed by atoms with E-state index in [1.807, 2.05) is 0 Å². The van der Waals surface area contributed by atoms with Crippen molar-refractivity contribution in [3.05, 3.63) is 45.4 Å². The molecular formula is C12H6ClN2O3. The van der Waals surface area contributed by atoms with Gasteiger partial charge in [-0.3, -0.25) is 4.79 Å². The quantitative estimate of drug-likeness (QED) is 0.673. The van der Waals surface area contributed by atoms with Gasteiger partial charge < -0.3 is 8.94 Å². The molecule has 5 nitrogen and oxygen atoms in total. The fourth-order valence-electron chi connectivity index (χ4n) is 1.56. The fourth-order valence-corrected chi connectivity index (χ4v) is 1.72. The molecular weight excluding hydrogens is 256 g/mol. The van der Waals surface area contributed by atoms with E-state index in [2.05, 4.69) is 16.2 Å². The Balaban J connectivity index is 2.29. The predicted molar refractivity (Wildman–Crippen MR) is 64.4 cm³/mol. The lowest BCUT2D eigenvalue weighted by Crippen LogP contribution is -2.07. The molecule has 6 heteroatoms. The van der Waals surface area contributed by atoms with Crippen molar-refractivity contribution < 1.29 is 8.94 Å². The van der Waals surface area contributed by atoms with Gasteiger partial charge in [-0.2, -0.15) is 4.98 Å². The van der Waals surface area contributed by atoms with Crippen LogP contribution in [0.2, 0.25) is 5.02 Å². The molecule has 0 aliphatic heterocycles. The standard InChI is InChI=1S/C12H6ClN2O3/c1-6-4-9(15-18-6)12-14-11(16)8-3-2-7(13)5-10(8)17-12/h2-3,5H,1H3. The van der Waals surface area contributed by atoms with Crippen molar-refractivity contribution in [3.8, 4) is 11.6 Å². The van der Waals surface area contributed by atoms with E-state index in [-0.39, 0.29) is 11.6 Å². The minimum atomic E-state index is -0.406. The summed E-state index contributed by atoms with van der Waals surface area (Å²) in [5.74, 6) is 0.548. The molecule has 2 aromatic heterocycles. The summed E-state index contributed by atoms with van der Waals surface area (Å²) in [6.07, 6.45) is 0. The van der Waals surface area contributed by atoms with Gasteiger partial charge in [-0.25, -0.2) is 0 Å². The van der Waals surface area contributed by atoms with E-state index >= 15 is 0 Å². The van der Waals surface area contributed by atoms with Crippen LogP contribution in [0, 0.1) is 13.0 Å². The summed E-state index contributed by atoms with van der Waals surface area (Å²) in [5, 5.41) is 4.54. The second-order valence-corrected chi connectivity index (χ2v) is 4.11. The Hall–Kier alpha value is -2.14. The second-order valence-electron chi connectivity index (χ2n) is 3.68. The molecule has 1 aromatic carbocycles. The summed E-state index contributed by atoms with van der Waals surface area (Å²) in [5.41, 5.74) is 0.204. The Kier molecular flexibility index (Phi) is 2.41. The minimum absolute atomic E-state index is 0.0617. The van der Waals surface area contributed by atoms with Crippen LogP contribution in [0.3, 0.4) is 0 Å². The van der Waals surface area contributed by atoms with Crippen molar-refractivity contribution in [2.24, 2.45) is 0 Å². The van der Waals surface area contributed by atoms with Crippen LogP contribution in [0.4, 0.5) is 0 Å². The summed E-state index contributed by atoms with van der Waals surface area (Å²) in [6.45, 7) is 1.69. The van der Waals surface area contributed by atoms with E-state index in [9.17, 15) is 4.79 Å². The normalized spacial score (nSPS) is 11.0. The zero-order valence-electron chi connectivity index (χ0n) is 9.23. The number of hydrogen-bond donors (Lipinski definition) is 0. The van der Waals surface area contributed by atoms with Gasteiger partial charge in [0.1, 0.15) is 11.3 Å². The highest BCUT2D eigenvalue weighted by molar-refractivity contribution is 6.31. The third-order valence-electron chi connectivity index (χ3n) is 2.35. The minimum Gasteiger partial charge on any atom is -0.436 e. The molecule has 0 saturated heterocycles. The molecule has 0 unspecified atom stereocenters. The summed E-state index contributed by atoms with van der Waals surface area (Å²) >= 11 is 5.85. The third-order valence-corrected chi connectivity index (χ3v) is 2.59. The average molecular weight is 262 g/mol. The number of aryl methyl sites for hydroxylation is 1. The van der Waals surface area contributed by atoms with Gasteiger partial charge in [-0.1, -0.05) is 16.8 Å². The zero-order chi connectivity index (χ0) is 12.7. The first-order valence-electron chi connectivity index (χ1n) is 5.10. The highest BCUT2D eigenvalue weighted by Crippen LogP contribution is 2.21. The molecule has 0 N–H and O–H groups in total. The first-order valence-corrected chi connectivity index (χ1v) is 5.47. The largest absolute Gasteiger partial charge is 0.436 e. The maximum atomic E-state index is 11.8. The van der Waals surface area contributed by atoms with Gasteiger partial charge in [0.2, 0.25) is 0 Å². The third kappa shape index (κ3) is 1.78. The van der Waals surface area contributed by atoms with Crippen LogP contribution < -0.4 is 5.56 Å². The van der Waals surface area contributed by atoms with Gasteiger partial charge in [-0.15, -0.1) is 0 Å². The van der Waals surface area contributed by atoms with Crippen LogP contribution in [0.5, 0.6) is 0 Å². The van der Waals surface area contributed by atoms with E-state index in [1.54, 1.807) is 25.1 Å². The van der Waals surface area contributed by atoms with E-state index in [0.717, 1.165) is 0 Å². The second kappa shape index (κ2) is 3.96. The van der Waals surface area contributed by atoms with Crippen molar-refractivity contribution >= 4 is 22.6 Å². The lowest BCUT2D eigenvalue weighted by molar-refractivity contribution is 0.397. The molecule has 0 spiro atoms. The number of rotatable bonds is 1. The van der Waals surface area contributed by atoms with Gasteiger partial charge in [0, 0.05) is 11.1 Å². The Morgan fingerprint density at radius 2 is 2.22 bits per heavy atom. The molecule has 2 heterocycles. The maximum absolute atomic E-state index is 11.8. The van der Waals surface area contributed by atoms with E-state index in [4.69, 9.17) is 20.5 Å². The monoisotopic (exact) mass is 261 g/mol. The van der Waals surface area contributed by atoms with Gasteiger partial charge >= 0.3 is 0 Å². The van der Waals surface area contributed by atoms with Crippen molar-refractivity contribution in [1.29, 1.82) is 0 Å². The molecule has 0 fully saturated rings. The van der Waals surface area contributed by atoms with Crippen LogP contribution in [-0.4, -0.2) is 10.1 Å². The summed E-state index contributed by atoms with van der Waals surface area (Å²) in [7, 11) is 0. The van der Waals surface area contributed by atoms with E-state index < -0.39 is 5.56 Å². The number of nitrogens with zero attached hydrogens (tertiary/aromatic N) is 2. The molecule has 3 aromatic rings. The van der Waals surface area contributed by atoms with Crippen LogP contribution in [0.15, 0.2) is 31.9 Å². The number of hydrogen-bond acceptors (Lipinski definition) is 5. The van der Waals surface area contributed by atoms with Crippen LogP contribution in [-0.2, 0) is 0 Å². The maximum Gasteiger partial charge on any atom is 0.284 e. The smallest absolute Gasteiger partial charge is 0.284 e. The number of benzene rings is 1. The Morgan fingerprint density at radius 1 is 1.39 bits per heavy atom. The van der Waals surface area contributed by atoms with Gasteiger partial charge in [0.25, 0.3) is 11.4 Å². The van der Waals surface area contributed by atoms with E-state index in [1.165, 1.54) is 0 Å². The summed E-state index contributed by atoms with van der Waals surface area (Å²) in [4.78, 5) is 15.6. The molecule has 3 rings (SSSR count). The first-order chi connectivity index (χ1) is 8.63. The average Bonchev–Trinajstić information content (AvgIpc) is 2.75. The molecule has 0 aliphatic rings. The lowest BCUT2D eigenvalue weighted by atomic mass is 10.2. The molecule has 0 bridgehead atoms. The predicted octanol–water partition coefficient (Wildman–Crippen LogP) is 2.61. The van der Waals surface area contributed by atoms with Crippen molar-refractivity contribution in [1.82, 2.24) is 10.1 Å². The van der Waals surface area contributed by atoms with Crippen molar-refractivity contribution in [2.75, 3.05) is 0 Å².